The van der Waals surface area contributed by atoms with Crippen LogP contribution in [0.2, 0.25) is 0 Å². The number of carbonyl (C=O) groups is 1. The van der Waals surface area contributed by atoms with Crippen molar-refractivity contribution in [2.45, 2.75) is 45.4 Å². The molecule has 0 radical (unpaired) electrons. The van der Waals surface area contributed by atoms with Crippen LogP contribution in [0, 0.1) is 0 Å². The molecule has 1 aliphatic heterocycles. The Morgan fingerprint density at radius 3 is 2.66 bits per heavy atom. The van der Waals surface area contributed by atoms with Crippen LogP contribution in [-0.2, 0) is 4.79 Å². The lowest BCUT2D eigenvalue weighted by atomic mass is 10.0. The highest BCUT2D eigenvalue weighted by Crippen LogP contribution is 2.33. The number of benzene rings is 2. The van der Waals surface area contributed by atoms with Crippen molar-refractivity contribution >= 4 is 33.5 Å². The Hall–Kier alpha value is -4.20. The first-order chi connectivity index (χ1) is 18.7. The lowest BCUT2D eigenvalue weighted by Gasteiger charge is -2.28. The molecule has 38 heavy (non-hydrogen) atoms. The summed E-state index contributed by atoms with van der Waals surface area (Å²) in [4.78, 5) is 25.7. The van der Waals surface area contributed by atoms with Gasteiger partial charge in [0.25, 0.3) is 0 Å². The second-order valence-electron chi connectivity index (χ2n) is 9.66. The van der Waals surface area contributed by atoms with E-state index in [0.29, 0.717) is 6.42 Å². The smallest absolute Gasteiger partial charge is 0.219 e. The fraction of sp³-hybridized carbons (Fsp3) is 0.333. The van der Waals surface area contributed by atoms with Crippen LogP contribution in [0.3, 0.4) is 0 Å². The molecule has 1 fully saturated rings. The molecule has 1 amide bonds. The van der Waals surface area contributed by atoms with Crippen molar-refractivity contribution in [1.82, 2.24) is 30.5 Å². The summed E-state index contributed by atoms with van der Waals surface area (Å²) < 4.78 is 0. The van der Waals surface area contributed by atoms with Crippen LogP contribution in [-0.4, -0.2) is 51.2 Å². The van der Waals surface area contributed by atoms with Crippen molar-refractivity contribution in [2.75, 3.05) is 25.0 Å². The number of pyridine rings is 1. The molecule has 196 valence electrons. The van der Waals surface area contributed by atoms with E-state index in [1.54, 1.807) is 13.2 Å². The number of fused-ring (bicyclic) bond motifs is 2. The van der Waals surface area contributed by atoms with Crippen LogP contribution in [0.1, 0.15) is 45.4 Å². The van der Waals surface area contributed by atoms with Gasteiger partial charge in [0.15, 0.2) is 5.82 Å². The number of hydrogen-bond donors (Lipinski definition) is 3. The number of H-pyrrole nitrogens is 2. The van der Waals surface area contributed by atoms with E-state index in [1.165, 1.54) is 24.9 Å². The Kier molecular flexibility index (Phi) is 7.97. The van der Waals surface area contributed by atoms with Crippen LogP contribution < -0.4 is 10.2 Å². The second kappa shape index (κ2) is 11.9. The first-order valence-electron chi connectivity index (χ1n) is 13.5. The summed E-state index contributed by atoms with van der Waals surface area (Å²) in [7, 11) is 1.66. The average Bonchev–Trinajstić information content (AvgIpc) is 3.61. The molecule has 6 rings (SSSR count). The third kappa shape index (κ3) is 5.54. The zero-order valence-electron chi connectivity index (χ0n) is 22.1. The van der Waals surface area contributed by atoms with Gasteiger partial charge >= 0.3 is 0 Å². The molecule has 8 heteroatoms. The fourth-order valence-corrected chi connectivity index (χ4v) is 4.89. The van der Waals surface area contributed by atoms with Gasteiger partial charge in [-0.15, -0.1) is 0 Å². The predicted octanol–water partition coefficient (Wildman–Crippen LogP) is 6.08. The lowest BCUT2D eigenvalue weighted by Crippen LogP contribution is -2.29. The van der Waals surface area contributed by atoms with Crippen molar-refractivity contribution in [3.05, 3.63) is 60.9 Å². The number of carbonyl (C=O) groups excluding carboxylic acids is 1. The van der Waals surface area contributed by atoms with Gasteiger partial charge in [0.2, 0.25) is 5.91 Å². The molecule has 0 bridgehead atoms. The number of amides is 1. The summed E-state index contributed by atoms with van der Waals surface area (Å²) in [6.07, 6.45) is 10.2. The maximum Gasteiger partial charge on any atom is 0.219 e. The first kappa shape index (κ1) is 25.4. The van der Waals surface area contributed by atoms with E-state index >= 15 is 0 Å². The molecule has 5 aromatic rings. The third-order valence-electron chi connectivity index (χ3n) is 7.01. The summed E-state index contributed by atoms with van der Waals surface area (Å²) in [5, 5.41) is 11.4. The van der Waals surface area contributed by atoms with Crippen molar-refractivity contribution in [2.24, 2.45) is 0 Å². The predicted molar refractivity (Wildman–Crippen MR) is 154 cm³/mol. The van der Waals surface area contributed by atoms with Gasteiger partial charge in [-0.05, 0) is 61.6 Å². The third-order valence-corrected chi connectivity index (χ3v) is 7.01. The summed E-state index contributed by atoms with van der Waals surface area (Å²) >= 11 is 0. The highest BCUT2D eigenvalue weighted by atomic mass is 16.1. The zero-order valence-corrected chi connectivity index (χ0v) is 22.1. The molecular formula is C30H35N7O. The Balaban J connectivity index is 0.000000323. The van der Waals surface area contributed by atoms with E-state index in [2.05, 4.69) is 79.8 Å². The molecule has 1 aliphatic rings. The van der Waals surface area contributed by atoms with E-state index in [4.69, 9.17) is 4.98 Å². The topological polar surface area (TPSA) is 103 Å². The van der Waals surface area contributed by atoms with Crippen LogP contribution in [0.25, 0.3) is 44.6 Å². The minimum absolute atomic E-state index is 0.145. The van der Waals surface area contributed by atoms with Crippen LogP contribution in [0.4, 0.5) is 5.69 Å². The van der Waals surface area contributed by atoms with Gasteiger partial charge in [0.1, 0.15) is 11.2 Å². The largest absolute Gasteiger partial charge is 0.370 e. The van der Waals surface area contributed by atoms with E-state index in [1.807, 2.05) is 12.3 Å². The number of nitrogens with zero attached hydrogens (tertiary/aromatic N) is 4. The van der Waals surface area contributed by atoms with Gasteiger partial charge in [0.05, 0.1) is 16.7 Å². The van der Waals surface area contributed by atoms with Gasteiger partial charge in [-0.3, -0.25) is 14.9 Å². The number of para-hydroxylation sites is 1. The molecule has 0 saturated carbocycles. The summed E-state index contributed by atoms with van der Waals surface area (Å²) in [5.41, 5.74) is 7.32. The quantitative estimate of drug-likeness (QED) is 0.257. The molecule has 0 unspecified atom stereocenters. The number of rotatable bonds is 6. The number of hydrogen-bond acceptors (Lipinski definition) is 5. The summed E-state index contributed by atoms with van der Waals surface area (Å²) in [5.74, 6) is 0.941. The highest BCUT2D eigenvalue weighted by Gasteiger charge is 2.18. The zero-order chi connectivity index (χ0) is 26.3. The highest BCUT2D eigenvalue weighted by molar-refractivity contribution is 5.97. The molecule has 4 heterocycles. The molecule has 8 nitrogen and oxygen atoms in total. The minimum atomic E-state index is 0.145. The molecule has 3 N–H and O–H groups in total. The van der Waals surface area contributed by atoms with Gasteiger partial charge in [-0.1, -0.05) is 31.5 Å². The van der Waals surface area contributed by atoms with Crippen LogP contribution in [0.5, 0.6) is 0 Å². The Labute approximate surface area is 222 Å². The van der Waals surface area contributed by atoms with Crippen LogP contribution in [0.15, 0.2) is 60.9 Å². The number of aromatic amines is 2. The summed E-state index contributed by atoms with van der Waals surface area (Å²) in [6, 6.07) is 16.7. The van der Waals surface area contributed by atoms with Gasteiger partial charge in [-0.25, -0.2) is 4.98 Å². The minimum Gasteiger partial charge on any atom is -0.370 e. The van der Waals surface area contributed by atoms with Gasteiger partial charge < -0.3 is 15.2 Å². The van der Waals surface area contributed by atoms with Gasteiger partial charge in [0, 0.05) is 49.9 Å². The van der Waals surface area contributed by atoms with E-state index < -0.39 is 0 Å². The number of nitrogens with one attached hydrogen (secondary N) is 3. The molecule has 1 saturated heterocycles. The molecule has 3 aromatic heterocycles. The number of imidazole rings is 1. The standard InChI is InChI=1S/C24H22N6.C6H13NO/c1-2-12-30(13-3-1)21-8-4-7-20-23(21)27-24(26-20)22-18-14-16(9-10-19(18)28-29-22)17-6-5-11-25-15-17;1-3-4-5-6(8)7-2/h4-11,14-15H,1-3,12-13H2,(H,26,27)(H,28,29);3-5H2,1-2H3,(H,7,8). The summed E-state index contributed by atoms with van der Waals surface area (Å²) in [6.45, 7) is 4.27. The van der Waals surface area contributed by atoms with Gasteiger partial charge in [-0.2, -0.15) is 5.10 Å². The molecule has 0 spiro atoms. The van der Waals surface area contributed by atoms with Crippen molar-refractivity contribution < 1.29 is 4.79 Å². The van der Waals surface area contributed by atoms with Crippen molar-refractivity contribution in [1.29, 1.82) is 0 Å². The monoisotopic (exact) mass is 509 g/mol. The normalized spacial score (nSPS) is 13.4. The number of aromatic nitrogens is 5. The maximum absolute atomic E-state index is 10.5. The average molecular weight is 510 g/mol. The van der Waals surface area contributed by atoms with E-state index in [0.717, 1.165) is 70.5 Å². The van der Waals surface area contributed by atoms with Crippen LogP contribution >= 0.6 is 0 Å². The van der Waals surface area contributed by atoms with Crippen molar-refractivity contribution in [3.8, 4) is 22.6 Å². The Morgan fingerprint density at radius 2 is 1.89 bits per heavy atom. The molecular weight excluding hydrogens is 474 g/mol. The fourth-order valence-electron chi connectivity index (χ4n) is 4.89. The molecule has 0 aliphatic carbocycles. The first-order valence-corrected chi connectivity index (χ1v) is 13.5. The van der Waals surface area contributed by atoms with E-state index in [-0.39, 0.29) is 5.91 Å². The van der Waals surface area contributed by atoms with Crippen molar-refractivity contribution in [3.63, 3.8) is 0 Å². The SMILES string of the molecule is CCCCC(=O)NC.c1cncc(-c2ccc3[nH]nc(-c4nc5c(N6CCCCC6)cccc5[nH]4)c3c2)c1. The maximum atomic E-state index is 10.5. The van der Waals surface area contributed by atoms with E-state index in [9.17, 15) is 4.79 Å². The number of piperidine rings is 1. The molecule has 2 aromatic carbocycles. The Bertz CT molecular complexity index is 1500. The second-order valence-corrected chi connectivity index (χ2v) is 9.66. The Morgan fingerprint density at radius 1 is 1.03 bits per heavy atom. The number of unbranched alkanes of at least 4 members (excludes halogenated alkanes) is 1. The number of anilines is 1. The molecule has 0 atom stereocenters. The lowest BCUT2D eigenvalue weighted by molar-refractivity contribution is -0.120.